The van der Waals surface area contributed by atoms with Gasteiger partial charge in [0.15, 0.2) is 0 Å². The lowest BCUT2D eigenvalue weighted by atomic mass is 10.0. The van der Waals surface area contributed by atoms with Crippen molar-refractivity contribution < 1.29 is 14.6 Å². The van der Waals surface area contributed by atoms with E-state index in [1.54, 1.807) is 0 Å². The first-order valence-corrected chi connectivity index (χ1v) is 5.99. The number of hydrogen-bond donors (Lipinski definition) is 1. The van der Waals surface area contributed by atoms with Gasteiger partial charge in [-0.1, -0.05) is 15.9 Å². The summed E-state index contributed by atoms with van der Waals surface area (Å²) in [5.74, 6) is 0.0526. The van der Waals surface area contributed by atoms with Crippen LogP contribution in [0.4, 0.5) is 0 Å². The number of halogens is 1. The van der Waals surface area contributed by atoms with Gasteiger partial charge in [0.2, 0.25) is 0 Å². The predicted molar refractivity (Wildman–Crippen MR) is 63.6 cm³/mol. The van der Waals surface area contributed by atoms with Crippen LogP contribution in [0.15, 0.2) is 28.7 Å². The number of benzene rings is 1. The fourth-order valence-electron chi connectivity index (χ4n) is 1.64. The SMILES string of the molecule is O=C(O)CC1(COc2ccc(Br)cc2)CC1. The molecule has 0 aliphatic heterocycles. The average molecular weight is 285 g/mol. The van der Waals surface area contributed by atoms with Crippen molar-refractivity contribution in [2.24, 2.45) is 5.41 Å². The number of ether oxygens (including phenoxy) is 1. The number of hydrogen-bond acceptors (Lipinski definition) is 2. The van der Waals surface area contributed by atoms with Gasteiger partial charge in [0.25, 0.3) is 0 Å². The third kappa shape index (κ3) is 2.98. The van der Waals surface area contributed by atoms with Gasteiger partial charge in [0.1, 0.15) is 5.75 Å². The first-order valence-electron chi connectivity index (χ1n) is 5.20. The average Bonchev–Trinajstić information content (AvgIpc) is 2.97. The van der Waals surface area contributed by atoms with Crippen molar-refractivity contribution in [3.63, 3.8) is 0 Å². The smallest absolute Gasteiger partial charge is 0.304 e. The molecule has 0 heterocycles. The van der Waals surface area contributed by atoms with Crippen molar-refractivity contribution in [2.45, 2.75) is 19.3 Å². The Morgan fingerprint density at radius 1 is 1.38 bits per heavy atom. The summed E-state index contributed by atoms with van der Waals surface area (Å²) < 4.78 is 6.61. The van der Waals surface area contributed by atoms with Crippen LogP contribution in [0, 0.1) is 5.41 Å². The molecule has 1 aromatic rings. The number of carboxylic acids is 1. The van der Waals surface area contributed by atoms with E-state index < -0.39 is 5.97 Å². The Morgan fingerprint density at radius 2 is 2.00 bits per heavy atom. The van der Waals surface area contributed by atoms with Crippen LogP contribution in [-0.4, -0.2) is 17.7 Å². The molecule has 4 heteroatoms. The Morgan fingerprint density at radius 3 is 2.50 bits per heavy atom. The summed E-state index contributed by atoms with van der Waals surface area (Å²) in [5, 5.41) is 8.76. The lowest BCUT2D eigenvalue weighted by molar-refractivity contribution is -0.138. The molecule has 1 fully saturated rings. The zero-order chi connectivity index (χ0) is 11.6. The number of rotatable bonds is 5. The molecule has 16 heavy (non-hydrogen) atoms. The third-order valence-electron chi connectivity index (χ3n) is 2.84. The number of carboxylic acid groups (broad SMARTS) is 1. The summed E-state index contributed by atoms with van der Waals surface area (Å²) in [6.07, 6.45) is 2.12. The highest BCUT2D eigenvalue weighted by Crippen LogP contribution is 2.48. The molecule has 0 amide bonds. The molecular formula is C12H13BrO3. The first kappa shape index (κ1) is 11.5. The Bertz CT molecular complexity index is 382. The van der Waals surface area contributed by atoms with Gasteiger partial charge in [-0.05, 0) is 37.1 Å². The Labute approximate surface area is 103 Å². The van der Waals surface area contributed by atoms with Crippen molar-refractivity contribution in [3.05, 3.63) is 28.7 Å². The lowest BCUT2D eigenvalue weighted by Gasteiger charge is -2.13. The number of aliphatic carboxylic acids is 1. The topological polar surface area (TPSA) is 46.5 Å². The van der Waals surface area contributed by atoms with Crippen LogP contribution in [0.1, 0.15) is 19.3 Å². The fourth-order valence-corrected chi connectivity index (χ4v) is 1.90. The molecule has 0 radical (unpaired) electrons. The van der Waals surface area contributed by atoms with Crippen molar-refractivity contribution >= 4 is 21.9 Å². The van der Waals surface area contributed by atoms with E-state index in [1.165, 1.54) is 0 Å². The number of carbonyl (C=O) groups is 1. The van der Waals surface area contributed by atoms with Crippen molar-refractivity contribution in [1.29, 1.82) is 0 Å². The minimum absolute atomic E-state index is 0.112. The minimum atomic E-state index is -0.739. The summed E-state index contributed by atoms with van der Waals surface area (Å²) in [6, 6.07) is 7.57. The van der Waals surface area contributed by atoms with E-state index in [0.717, 1.165) is 23.1 Å². The van der Waals surface area contributed by atoms with Crippen LogP contribution >= 0.6 is 15.9 Å². The molecular weight excluding hydrogens is 272 g/mol. The van der Waals surface area contributed by atoms with E-state index in [-0.39, 0.29) is 11.8 Å². The molecule has 0 aromatic heterocycles. The van der Waals surface area contributed by atoms with Crippen LogP contribution in [0.3, 0.4) is 0 Å². The van der Waals surface area contributed by atoms with Crippen LogP contribution in [0.2, 0.25) is 0 Å². The molecule has 0 spiro atoms. The van der Waals surface area contributed by atoms with E-state index >= 15 is 0 Å². The Hall–Kier alpha value is -1.03. The van der Waals surface area contributed by atoms with Gasteiger partial charge in [-0.25, -0.2) is 0 Å². The van der Waals surface area contributed by atoms with Gasteiger partial charge in [0.05, 0.1) is 13.0 Å². The maximum atomic E-state index is 10.6. The molecule has 0 bridgehead atoms. The molecule has 1 N–H and O–H groups in total. The second-order valence-corrected chi connectivity index (χ2v) is 5.23. The van der Waals surface area contributed by atoms with Gasteiger partial charge in [-0.2, -0.15) is 0 Å². The molecule has 86 valence electrons. The third-order valence-corrected chi connectivity index (χ3v) is 3.37. The molecule has 0 saturated heterocycles. The molecule has 3 nitrogen and oxygen atoms in total. The van der Waals surface area contributed by atoms with E-state index in [0.29, 0.717) is 6.61 Å². The monoisotopic (exact) mass is 284 g/mol. The molecule has 0 atom stereocenters. The van der Waals surface area contributed by atoms with Crippen LogP contribution in [0.5, 0.6) is 5.75 Å². The fraction of sp³-hybridized carbons (Fsp3) is 0.417. The standard InChI is InChI=1S/C12H13BrO3/c13-9-1-3-10(4-2-9)16-8-12(5-6-12)7-11(14)15/h1-4H,5-8H2,(H,14,15). The zero-order valence-electron chi connectivity index (χ0n) is 8.78. The Balaban J connectivity index is 1.87. The predicted octanol–water partition coefficient (Wildman–Crippen LogP) is 3.08. The maximum absolute atomic E-state index is 10.6. The summed E-state index contributed by atoms with van der Waals surface area (Å²) >= 11 is 3.35. The zero-order valence-corrected chi connectivity index (χ0v) is 10.4. The maximum Gasteiger partial charge on any atom is 0.304 e. The van der Waals surface area contributed by atoms with E-state index in [9.17, 15) is 4.79 Å². The van der Waals surface area contributed by atoms with Gasteiger partial charge in [-0.15, -0.1) is 0 Å². The molecule has 1 aromatic carbocycles. The highest BCUT2D eigenvalue weighted by molar-refractivity contribution is 9.10. The molecule has 1 saturated carbocycles. The van der Waals surface area contributed by atoms with E-state index in [2.05, 4.69) is 15.9 Å². The molecule has 2 rings (SSSR count). The van der Waals surface area contributed by atoms with Gasteiger partial charge in [0, 0.05) is 9.89 Å². The van der Waals surface area contributed by atoms with E-state index in [1.807, 2.05) is 24.3 Å². The molecule has 0 unspecified atom stereocenters. The first-order chi connectivity index (χ1) is 7.60. The summed E-state index contributed by atoms with van der Waals surface area (Å²) in [5.41, 5.74) is -0.112. The largest absolute Gasteiger partial charge is 0.493 e. The van der Waals surface area contributed by atoms with Crippen molar-refractivity contribution in [1.82, 2.24) is 0 Å². The van der Waals surface area contributed by atoms with Gasteiger partial charge < -0.3 is 9.84 Å². The summed E-state index contributed by atoms with van der Waals surface area (Å²) in [7, 11) is 0. The highest BCUT2D eigenvalue weighted by atomic mass is 79.9. The van der Waals surface area contributed by atoms with Crippen molar-refractivity contribution in [2.75, 3.05) is 6.61 Å². The quantitative estimate of drug-likeness (QED) is 0.904. The molecule has 1 aliphatic rings. The normalized spacial score (nSPS) is 16.8. The highest BCUT2D eigenvalue weighted by Gasteiger charge is 2.45. The summed E-state index contributed by atoms with van der Waals surface area (Å²) in [6.45, 7) is 0.501. The second kappa shape index (κ2) is 4.45. The lowest BCUT2D eigenvalue weighted by Crippen LogP contribution is -2.17. The van der Waals surface area contributed by atoms with E-state index in [4.69, 9.17) is 9.84 Å². The Kier molecular flexibility index (Phi) is 3.19. The van der Waals surface area contributed by atoms with Crippen molar-refractivity contribution in [3.8, 4) is 5.75 Å². The molecule has 1 aliphatic carbocycles. The van der Waals surface area contributed by atoms with Crippen LogP contribution in [0.25, 0.3) is 0 Å². The van der Waals surface area contributed by atoms with Gasteiger partial charge in [-0.3, -0.25) is 4.79 Å². The summed E-state index contributed by atoms with van der Waals surface area (Å²) in [4.78, 5) is 10.6. The van der Waals surface area contributed by atoms with Crippen LogP contribution < -0.4 is 4.74 Å². The second-order valence-electron chi connectivity index (χ2n) is 4.31. The van der Waals surface area contributed by atoms with Crippen LogP contribution in [-0.2, 0) is 4.79 Å². The minimum Gasteiger partial charge on any atom is -0.493 e. The van der Waals surface area contributed by atoms with Gasteiger partial charge >= 0.3 is 5.97 Å².